The lowest BCUT2D eigenvalue weighted by Gasteiger charge is -2.04. The van der Waals surface area contributed by atoms with E-state index in [1.54, 1.807) is 0 Å². The fraction of sp³-hybridized carbons (Fsp3) is 0.375. The molecule has 4 nitrogen and oxygen atoms in total. The molecule has 0 aliphatic rings. The van der Waals surface area contributed by atoms with Crippen LogP contribution in [0.4, 0.5) is 0 Å². The highest BCUT2D eigenvalue weighted by Gasteiger charge is 2.20. The molecule has 17 heavy (non-hydrogen) atoms. The first-order chi connectivity index (χ1) is 7.83. The molecule has 0 spiro atoms. The summed E-state index contributed by atoms with van der Waals surface area (Å²) in [7, 11) is -3.61. The SMILES string of the molecule is NC(=S)CCCNS(=O)(=O)c1cc(Cl)sc1Cl. The first kappa shape index (κ1) is 15.1. The fourth-order valence-corrected chi connectivity index (χ4v) is 4.42. The Bertz CT molecular complexity index is 513. The number of thiophene rings is 1. The topological polar surface area (TPSA) is 72.2 Å². The van der Waals surface area contributed by atoms with E-state index < -0.39 is 10.0 Å². The van der Waals surface area contributed by atoms with E-state index in [4.69, 9.17) is 28.9 Å². The molecule has 0 aliphatic heterocycles. The number of sulfonamides is 1. The molecule has 0 aromatic carbocycles. The van der Waals surface area contributed by atoms with Gasteiger partial charge in [-0.2, -0.15) is 0 Å². The van der Waals surface area contributed by atoms with Gasteiger partial charge >= 0.3 is 0 Å². The minimum absolute atomic E-state index is 0.00416. The van der Waals surface area contributed by atoms with Crippen LogP contribution >= 0.6 is 46.8 Å². The Balaban J connectivity index is 2.63. The molecular weight excluding hydrogens is 323 g/mol. The van der Waals surface area contributed by atoms with Crippen LogP contribution in [0.25, 0.3) is 0 Å². The predicted molar refractivity (Wildman–Crippen MR) is 75.5 cm³/mol. The molecule has 96 valence electrons. The number of nitrogens with one attached hydrogen (secondary N) is 1. The average Bonchev–Trinajstić information content (AvgIpc) is 2.53. The average molecular weight is 333 g/mol. The highest BCUT2D eigenvalue weighted by molar-refractivity contribution is 7.89. The molecule has 0 aliphatic carbocycles. The van der Waals surface area contributed by atoms with Crippen molar-refractivity contribution in [3.8, 4) is 0 Å². The lowest BCUT2D eigenvalue weighted by molar-refractivity contribution is 0.580. The molecule has 1 aromatic heterocycles. The Morgan fingerprint density at radius 2 is 2.18 bits per heavy atom. The van der Waals surface area contributed by atoms with E-state index in [0.29, 0.717) is 22.2 Å². The maximum absolute atomic E-state index is 11.8. The van der Waals surface area contributed by atoms with Crippen molar-refractivity contribution in [3.05, 3.63) is 14.7 Å². The maximum Gasteiger partial charge on any atom is 0.242 e. The molecule has 1 aromatic rings. The molecular formula is C8H10Cl2N2O2S3. The number of thiocarbonyl (C=S) groups is 1. The van der Waals surface area contributed by atoms with Gasteiger partial charge in [-0.3, -0.25) is 0 Å². The summed E-state index contributed by atoms with van der Waals surface area (Å²) in [5.41, 5.74) is 5.30. The van der Waals surface area contributed by atoms with Crippen LogP contribution in [0.15, 0.2) is 11.0 Å². The lowest BCUT2D eigenvalue weighted by Crippen LogP contribution is -2.25. The molecule has 0 unspecified atom stereocenters. The summed E-state index contributed by atoms with van der Waals surface area (Å²) in [4.78, 5) is 0.366. The monoisotopic (exact) mass is 332 g/mol. The van der Waals surface area contributed by atoms with Gasteiger partial charge in [0.15, 0.2) is 0 Å². The zero-order valence-electron chi connectivity index (χ0n) is 8.57. The van der Waals surface area contributed by atoms with E-state index >= 15 is 0 Å². The molecule has 0 fully saturated rings. The second-order valence-corrected chi connectivity index (χ2v) is 7.70. The molecule has 9 heteroatoms. The Morgan fingerprint density at radius 1 is 1.53 bits per heavy atom. The zero-order valence-corrected chi connectivity index (χ0v) is 12.5. The van der Waals surface area contributed by atoms with Gasteiger partial charge in [-0.15, -0.1) is 11.3 Å². The molecule has 1 rings (SSSR count). The van der Waals surface area contributed by atoms with E-state index in [2.05, 4.69) is 16.9 Å². The standard InChI is InChI=1S/C8H10Cl2N2O2S3/c9-6-4-5(8(10)16-6)17(13,14)12-3-1-2-7(11)15/h4,12H,1-3H2,(H2,11,15). The fourth-order valence-electron chi connectivity index (χ4n) is 1.06. The van der Waals surface area contributed by atoms with Gasteiger partial charge < -0.3 is 5.73 Å². The molecule has 0 atom stereocenters. The van der Waals surface area contributed by atoms with Crippen LogP contribution in [0.3, 0.4) is 0 Å². The van der Waals surface area contributed by atoms with Crippen LogP contribution < -0.4 is 10.5 Å². The summed E-state index contributed by atoms with van der Waals surface area (Å²) in [6.45, 7) is 0.253. The maximum atomic E-state index is 11.8. The van der Waals surface area contributed by atoms with Gasteiger partial charge in [-0.05, 0) is 18.9 Å². The van der Waals surface area contributed by atoms with Crippen LogP contribution in [-0.2, 0) is 10.0 Å². The Morgan fingerprint density at radius 3 is 2.65 bits per heavy atom. The van der Waals surface area contributed by atoms with Crippen LogP contribution in [0.5, 0.6) is 0 Å². The number of nitrogens with two attached hydrogens (primary N) is 1. The number of hydrogen-bond donors (Lipinski definition) is 2. The molecule has 1 heterocycles. The Kier molecular flexibility index (Phi) is 5.62. The summed E-state index contributed by atoms with van der Waals surface area (Å²) in [5, 5.41) is 0. The number of rotatable bonds is 6. The molecule has 0 radical (unpaired) electrons. The minimum Gasteiger partial charge on any atom is -0.393 e. The summed E-state index contributed by atoms with van der Waals surface area (Å²) < 4.78 is 26.5. The lowest BCUT2D eigenvalue weighted by atomic mass is 10.3. The van der Waals surface area contributed by atoms with E-state index in [1.165, 1.54) is 6.07 Å². The molecule has 3 N–H and O–H groups in total. The van der Waals surface area contributed by atoms with Gasteiger partial charge in [0.05, 0.1) is 9.32 Å². The van der Waals surface area contributed by atoms with Gasteiger partial charge in [-0.1, -0.05) is 35.4 Å². The van der Waals surface area contributed by atoms with Gasteiger partial charge in [0.2, 0.25) is 10.0 Å². The summed E-state index contributed by atoms with van der Waals surface area (Å²) >= 11 is 17.1. The van der Waals surface area contributed by atoms with Crippen molar-refractivity contribution in [2.45, 2.75) is 17.7 Å². The van der Waals surface area contributed by atoms with Crippen molar-refractivity contribution in [1.82, 2.24) is 4.72 Å². The van der Waals surface area contributed by atoms with E-state index in [0.717, 1.165) is 11.3 Å². The van der Waals surface area contributed by atoms with Crippen LogP contribution in [0.1, 0.15) is 12.8 Å². The van der Waals surface area contributed by atoms with Crippen molar-refractivity contribution >= 4 is 61.8 Å². The van der Waals surface area contributed by atoms with E-state index in [9.17, 15) is 8.42 Å². The molecule has 0 amide bonds. The van der Waals surface area contributed by atoms with Gasteiger partial charge in [0, 0.05) is 6.54 Å². The minimum atomic E-state index is -3.61. The van der Waals surface area contributed by atoms with E-state index in [1.807, 2.05) is 0 Å². The van der Waals surface area contributed by atoms with Crippen molar-refractivity contribution in [3.63, 3.8) is 0 Å². The Hall–Kier alpha value is 0.0800. The van der Waals surface area contributed by atoms with Crippen LogP contribution in [0.2, 0.25) is 8.67 Å². The third-order valence-electron chi connectivity index (χ3n) is 1.81. The third-order valence-corrected chi connectivity index (χ3v) is 5.23. The first-order valence-electron chi connectivity index (χ1n) is 4.56. The highest BCUT2D eigenvalue weighted by atomic mass is 35.5. The normalized spacial score (nSPS) is 11.6. The second-order valence-electron chi connectivity index (χ2n) is 3.16. The number of hydrogen-bond acceptors (Lipinski definition) is 4. The first-order valence-corrected chi connectivity index (χ1v) is 8.02. The summed E-state index contributed by atoms with van der Waals surface area (Å²) in [5.74, 6) is 0. The van der Waals surface area contributed by atoms with Crippen molar-refractivity contribution in [2.75, 3.05) is 6.54 Å². The second kappa shape index (κ2) is 6.31. The quantitative estimate of drug-likeness (QED) is 0.619. The van der Waals surface area contributed by atoms with Crippen molar-refractivity contribution < 1.29 is 8.42 Å². The molecule has 0 bridgehead atoms. The van der Waals surface area contributed by atoms with Crippen molar-refractivity contribution in [1.29, 1.82) is 0 Å². The Labute approximate surface area is 119 Å². The largest absolute Gasteiger partial charge is 0.393 e. The van der Waals surface area contributed by atoms with Crippen LogP contribution in [-0.4, -0.2) is 20.0 Å². The summed E-state index contributed by atoms with van der Waals surface area (Å²) in [6, 6.07) is 1.32. The predicted octanol–water partition coefficient (Wildman–Crippen LogP) is 2.40. The van der Waals surface area contributed by atoms with Gasteiger partial charge in [-0.25, -0.2) is 13.1 Å². The van der Waals surface area contributed by atoms with Crippen LogP contribution in [0, 0.1) is 0 Å². The van der Waals surface area contributed by atoms with Gasteiger partial charge in [0.25, 0.3) is 0 Å². The zero-order chi connectivity index (χ0) is 13.1. The summed E-state index contributed by atoms with van der Waals surface area (Å²) in [6.07, 6.45) is 1.04. The third kappa shape index (κ3) is 4.69. The van der Waals surface area contributed by atoms with E-state index in [-0.39, 0.29) is 15.8 Å². The molecule has 0 saturated heterocycles. The number of halogens is 2. The van der Waals surface area contributed by atoms with Crippen molar-refractivity contribution in [2.24, 2.45) is 5.73 Å². The highest BCUT2D eigenvalue weighted by Crippen LogP contribution is 2.33. The smallest absolute Gasteiger partial charge is 0.242 e. The van der Waals surface area contributed by atoms with Gasteiger partial charge in [0.1, 0.15) is 9.23 Å². The molecule has 0 saturated carbocycles.